The predicted octanol–water partition coefficient (Wildman–Crippen LogP) is 2.84. The minimum absolute atomic E-state index is 0.0215. The van der Waals surface area contributed by atoms with Gasteiger partial charge >= 0.3 is 0 Å². The third-order valence-electron chi connectivity index (χ3n) is 4.45. The van der Waals surface area contributed by atoms with Gasteiger partial charge in [-0.3, -0.25) is 4.79 Å². The lowest BCUT2D eigenvalue weighted by molar-refractivity contribution is -0.118. The average Bonchev–Trinajstić information content (AvgIpc) is 2.88. The number of nitrogens with zero attached hydrogens (tertiary/aromatic N) is 4. The van der Waals surface area contributed by atoms with E-state index in [2.05, 4.69) is 54.6 Å². The lowest BCUT2D eigenvalue weighted by Gasteiger charge is -2.07. The van der Waals surface area contributed by atoms with Gasteiger partial charge in [-0.25, -0.2) is 4.68 Å². The van der Waals surface area contributed by atoms with E-state index in [0.29, 0.717) is 5.92 Å². The average molecular weight is 311 g/mol. The Morgan fingerprint density at radius 2 is 1.96 bits per heavy atom. The van der Waals surface area contributed by atoms with Crippen molar-refractivity contribution in [3.63, 3.8) is 0 Å². The van der Waals surface area contributed by atoms with Crippen LogP contribution in [0.3, 0.4) is 0 Å². The Morgan fingerprint density at radius 3 is 2.52 bits per heavy atom. The highest BCUT2D eigenvalue weighted by atomic mass is 16.2. The van der Waals surface area contributed by atoms with Crippen LogP contribution in [0, 0.1) is 17.3 Å². The van der Waals surface area contributed by atoms with Crippen LogP contribution in [0.5, 0.6) is 0 Å². The molecule has 0 aliphatic heterocycles. The zero-order valence-corrected chi connectivity index (χ0v) is 13.8. The van der Waals surface area contributed by atoms with Crippen molar-refractivity contribution in [1.29, 1.82) is 0 Å². The van der Waals surface area contributed by atoms with Gasteiger partial charge in [0.25, 0.3) is 0 Å². The monoisotopic (exact) mass is 311 g/mol. The van der Waals surface area contributed by atoms with E-state index in [4.69, 9.17) is 0 Å². The molecule has 1 amide bonds. The van der Waals surface area contributed by atoms with Gasteiger partial charge in [-0.05, 0) is 59.9 Å². The number of rotatable bonds is 4. The SMILES string of the molecule is CC(C)=C[C@H]1[C@H](C(=O)Nc2ccc(-n3cnnn3)cc2)C1(C)C. The van der Waals surface area contributed by atoms with Gasteiger partial charge < -0.3 is 5.32 Å². The first kappa shape index (κ1) is 15.4. The molecule has 23 heavy (non-hydrogen) atoms. The molecule has 120 valence electrons. The van der Waals surface area contributed by atoms with Crippen LogP contribution < -0.4 is 5.32 Å². The van der Waals surface area contributed by atoms with Gasteiger partial charge in [-0.1, -0.05) is 25.5 Å². The maximum Gasteiger partial charge on any atom is 0.228 e. The molecule has 1 aromatic heterocycles. The normalized spacial score (nSPS) is 21.6. The number of aromatic nitrogens is 4. The molecule has 0 spiro atoms. The molecule has 1 saturated carbocycles. The summed E-state index contributed by atoms with van der Waals surface area (Å²) in [4.78, 5) is 12.5. The van der Waals surface area contributed by atoms with Crippen molar-refractivity contribution in [2.24, 2.45) is 17.3 Å². The molecule has 0 bridgehead atoms. The molecule has 0 saturated heterocycles. The Morgan fingerprint density at radius 1 is 1.26 bits per heavy atom. The van der Waals surface area contributed by atoms with Gasteiger partial charge in [0.2, 0.25) is 5.91 Å². The number of carbonyl (C=O) groups excluding carboxylic acids is 1. The molecule has 0 unspecified atom stereocenters. The summed E-state index contributed by atoms with van der Waals surface area (Å²) >= 11 is 0. The fourth-order valence-corrected chi connectivity index (χ4v) is 3.05. The number of carbonyl (C=O) groups is 1. The number of hydrogen-bond donors (Lipinski definition) is 1. The largest absolute Gasteiger partial charge is 0.326 e. The molecule has 2 aromatic rings. The number of amides is 1. The first-order valence-corrected chi connectivity index (χ1v) is 7.69. The Labute approximate surface area is 135 Å². The number of anilines is 1. The molecule has 6 nitrogen and oxygen atoms in total. The quantitative estimate of drug-likeness (QED) is 0.881. The summed E-state index contributed by atoms with van der Waals surface area (Å²) in [6, 6.07) is 7.47. The molecule has 1 fully saturated rings. The van der Waals surface area contributed by atoms with Crippen LogP contribution in [0.1, 0.15) is 27.7 Å². The van der Waals surface area contributed by atoms with Gasteiger partial charge in [-0.15, -0.1) is 5.10 Å². The van der Waals surface area contributed by atoms with E-state index in [-0.39, 0.29) is 17.2 Å². The zero-order chi connectivity index (χ0) is 16.6. The standard InChI is InChI=1S/C17H21N5O/c1-11(2)9-14-15(17(14,3)4)16(23)19-12-5-7-13(8-6-12)22-10-18-20-21-22/h5-10,14-15H,1-4H3,(H,19,23)/t14-,15+/m0/s1. The van der Waals surface area contributed by atoms with Crippen molar-refractivity contribution in [1.82, 2.24) is 20.2 Å². The van der Waals surface area contributed by atoms with E-state index in [1.165, 1.54) is 11.9 Å². The Hall–Kier alpha value is -2.50. The third kappa shape index (κ3) is 3.02. The molecule has 3 rings (SSSR count). The van der Waals surface area contributed by atoms with E-state index in [0.717, 1.165) is 11.4 Å². The van der Waals surface area contributed by atoms with Crippen LogP contribution in [0.2, 0.25) is 0 Å². The van der Waals surface area contributed by atoms with E-state index >= 15 is 0 Å². The van der Waals surface area contributed by atoms with Gasteiger partial charge in [0.05, 0.1) is 11.6 Å². The molecule has 1 aromatic carbocycles. The highest BCUT2D eigenvalue weighted by molar-refractivity contribution is 5.95. The number of hydrogen-bond acceptors (Lipinski definition) is 4. The number of benzene rings is 1. The Balaban J connectivity index is 1.68. The fourth-order valence-electron chi connectivity index (χ4n) is 3.05. The molecule has 1 N–H and O–H groups in total. The van der Waals surface area contributed by atoms with Crippen molar-refractivity contribution in [3.8, 4) is 5.69 Å². The van der Waals surface area contributed by atoms with Crippen molar-refractivity contribution in [2.75, 3.05) is 5.32 Å². The van der Waals surface area contributed by atoms with Gasteiger partial charge in [0.15, 0.2) is 0 Å². The van der Waals surface area contributed by atoms with Crippen LogP contribution in [0.4, 0.5) is 5.69 Å². The number of allylic oxidation sites excluding steroid dienone is 2. The summed E-state index contributed by atoms with van der Waals surface area (Å²) < 4.78 is 1.57. The maximum absolute atomic E-state index is 12.5. The lowest BCUT2D eigenvalue weighted by Crippen LogP contribution is -2.16. The molecule has 2 atom stereocenters. The highest BCUT2D eigenvalue weighted by Crippen LogP contribution is 2.59. The minimum Gasteiger partial charge on any atom is -0.326 e. The van der Waals surface area contributed by atoms with Crippen molar-refractivity contribution < 1.29 is 4.79 Å². The van der Waals surface area contributed by atoms with E-state index in [1.54, 1.807) is 4.68 Å². The second kappa shape index (κ2) is 5.61. The minimum atomic E-state index is 0.0215. The summed E-state index contributed by atoms with van der Waals surface area (Å²) in [6.45, 7) is 8.42. The van der Waals surface area contributed by atoms with Crippen LogP contribution in [0.25, 0.3) is 5.69 Å². The number of nitrogens with one attached hydrogen (secondary N) is 1. The highest BCUT2D eigenvalue weighted by Gasteiger charge is 2.60. The van der Waals surface area contributed by atoms with Crippen LogP contribution in [0.15, 0.2) is 42.2 Å². The van der Waals surface area contributed by atoms with Crippen LogP contribution in [-0.4, -0.2) is 26.1 Å². The van der Waals surface area contributed by atoms with Crippen molar-refractivity contribution in [3.05, 3.63) is 42.2 Å². The summed E-state index contributed by atoms with van der Waals surface area (Å²) in [7, 11) is 0. The molecular formula is C17H21N5O. The molecule has 1 heterocycles. The fraction of sp³-hybridized carbons (Fsp3) is 0.412. The summed E-state index contributed by atoms with van der Waals surface area (Å²) in [5.41, 5.74) is 2.91. The summed E-state index contributed by atoms with van der Waals surface area (Å²) in [5, 5.41) is 14.1. The molecule has 6 heteroatoms. The van der Waals surface area contributed by atoms with E-state index in [1.807, 2.05) is 24.3 Å². The van der Waals surface area contributed by atoms with Gasteiger partial charge in [0.1, 0.15) is 6.33 Å². The van der Waals surface area contributed by atoms with Gasteiger partial charge in [0, 0.05) is 5.69 Å². The molecule has 1 aliphatic carbocycles. The summed E-state index contributed by atoms with van der Waals surface area (Å²) in [5.74, 6) is 0.414. The zero-order valence-electron chi connectivity index (χ0n) is 13.8. The first-order valence-electron chi connectivity index (χ1n) is 7.69. The van der Waals surface area contributed by atoms with Crippen LogP contribution >= 0.6 is 0 Å². The second-order valence-electron chi connectivity index (χ2n) is 6.86. The third-order valence-corrected chi connectivity index (χ3v) is 4.45. The van der Waals surface area contributed by atoms with E-state index < -0.39 is 0 Å². The number of tetrazole rings is 1. The molecule has 0 radical (unpaired) electrons. The summed E-state index contributed by atoms with van der Waals surface area (Å²) in [6.07, 6.45) is 3.73. The Kier molecular flexibility index (Phi) is 3.75. The van der Waals surface area contributed by atoms with Crippen LogP contribution in [-0.2, 0) is 4.79 Å². The maximum atomic E-state index is 12.5. The van der Waals surface area contributed by atoms with Crippen molar-refractivity contribution in [2.45, 2.75) is 27.7 Å². The van der Waals surface area contributed by atoms with Gasteiger partial charge in [-0.2, -0.15) is 0 Å². The topological polar surface area (TPSA) is 72.7 Å². The Bertz CT molecular complexity index is 727. The smallest absolute Gasteiger partial charge is 0.228 e. The molecule has 1 aliphatic rings. The molecular weight excluding hydrogens is 290 g/mol. The van der Waals surface area contributed by atoms with Crippen molar-refractivity contribution >= 4 is 11.6 Å². The second-order valence-corrected chi connectivity index (χ2v) is 6.86. The first-order chi connectivity index (χ1) is 10.9. The predicted molar refractivity (Wildman–Crippen MR) is 88.0 cm³/mol. The van der Waals surface area contributed by atoms with E-state index in [9.17, 15) is 4.79 Å². The lowest BCUT2D eigenvalue weighted by atomic mass is 10.1.